The summed E-state index contributed by atoms with van der Waals surface area (Å²) in [4.78, 5) is 13.0. The van der Waals surface area contributed by atoms with Crippen molar-refractivity contribution in [1.82, 2.24) is 14.9 Å². The van der Waals surface area contributed by atoms with E-state index in [0.717, 1.165) is 16.9 Å². The van der Waals surface area contributed by atoms with E-state index in [0.29, 0.717) is 46.1 Å². The summed E-state index contributed by atoms with van der Waals surface area (Å²) in [6.07, 6.45) is 1.75. The lowest BCUT2D eigenvalue weighted by atomic mass is 10.1. The smallest absolute Gasteiger partial charge is 0.340 e. The van der Waals surface area contributed by atoms with E-state index in [2.05, 4.69) is 10.2 Å². The van der Waals surface area contributed by atoms with Crippen LogP contribution in [0.4, 0.5) is 0 Å². The van der Waals surface area contributed by atoms with Gasteiger partial charge in [0.1, 0.15) is 5.75 Å². The van der Waals surface area contributed by atoms with Crippen LogP contribution >= 0.6 is 11.8 Å². The second kappa shape index (κ2) is 11.1. The van der Waals surface area contributed by atoms with Gasteiger partial charge in [0.15, 0.2) is 17.3 Å². The predicted octanol–water partition coefficient (Wildman–Crippen LogP) is 4.32. The second-order valence-corrected chi connectivity index (χ2v) is 8.25. The highest BCUT2D eigenvalue weighted by Gasteiger charge is 2.26. The lowest BCUT2D eigenvalue weighted by Crippen LogP contribution is -2.21. The Morgan fingerprint density at radius 3 is 2.51 bits per heavy atom. The first kappa shape index (κ1) is 24.3. The maximum atomic E-state index is 13.0. The molecular weight excluding hydrogens is 468 g/mol. The van der Waals surface area contributed by atoms with Crippen molar-refractivity contribution in [3.05, 3.63) is 53.6 Å². The first-order valence-electron chi connectivity index (χ1n) is 11.1. The Hall–Kier alpha value is -3.79. The SMILES string of the molecule is CCOC(=O)/C(=C\c1ccc(OCC)c(OC)c1)C1=Nn2c(nnc2-c2ccc(OC)cc2)SC1. The van der Waals surface area contributed by atoms with Crippen LogP contribution in [0.5, 0.6) is 17.2 Å². The van der Waals surface area contributed by atoms with Crippen molar-refractivity contribution in [3.63, 3.8) is 0 Å². The van der Waals surface area contributed by atoms with Gasteiger partial charge in [-0.15, -0.1) is 10.2 Å². The average Bonchev–Trinajstić information content (AvgIpc) is 3.31. The molecule has 9 nitrogen and oxygen atoms in total. The van der Waals surface area contributed by atoms with Gasteiger partial charge in [-0.3, -0.25) is 0 Å². The molecule has 0 radical (unpaired) electrons. The number of carbonyl (C=O) groups excluding carboxylic acids is 1. The summed E-state index contributed by atoms with van der Waals surface area (Å²) in [7, 11) is 3.19. The third kappa shape index (κ3) is 5.32. The van der Waals surface area contributed by atoms with Crippen LogP contribution in [0.2, 0.25) is 0 Å². The van der Waals surface area contributed by atoms with Gasteiger partial charge in [-0.2, -0.15) is 9.78 Å². The number of methoxy groups -OCH3 is 2. The molecule has 0 aliphatic carbocycles. The highest BCUT2D eigenvalue weighted by atomic mass is 32.2. The Labute approximate surface area is 207 Å². The normalized spacial score (nSPS) is 13.0. The van der Waals surface area contributed by atoms with Crippen molar-refractivity contribution in [3.8, 4) is 28.6 Å². The molecule has 0 unspecified atom stereocenters. The topological polar surface area (TPSA) is 97.1 Å². The standard InChI is InChI=1S/C25H26N4O5S/c1-5-33-21-12-7-16(14-22(21)32-4)13-19(24(30)34-6-2)20-15-35-25-27-26-23(29(25)28-20)17-8-10-18(31-3)11-9-17/h7-14H,5-6,15H2,1-4H3/b19-13-. The van der Waals surface area contributed by atoms with E-state index in [4.69, 9.17) is 24.0 Å². The third-order valence-corrected chi connectivity index (χ3v) is 6.05. The van der Waals surface area contributed by atoms with Gasteiger partial charge in [-0.25, -0.2) is 4.79 Å². The minimum atomic E-state index is -0.456. The summed E-state index contributed by atoms with van der Waals surface area (Å²) in [6.45, 7) is 4.45. The Bertz CT molecular complexity index is 1270. The van der Waals surface area contributed by atoms with Gasteiger partial charge in [0, 0.05) is 11.3 Å². The largest absolute Gasteiger partial charge is 0.497 e. The zero-order chi connectivity index (χ0) is 24.8. The minimum Gasteiger partial charge on any atom is -0.497 e. The van der Waals surface area contributed by atoms with Crippen LogP contribution in [0, 0.1) is 0 Å². The molecule has 2 aromatic carbocycles. The summed E-state index contributed by atoms with van der Waals surface area (Å²) < 4.78 is 23.3. The number of aromatic nitrogens is 3. The van der Waals surface area contributed by atoms with Gasteiger partial charge in [-0.05, 0) is 61.9 Å². The van der Waals surface area contributed by atoms with Crippen molar-refractivity contribution in [2.24, 2.45) is 5.10 Å². The number of hydrogen-bond donors (Lipinski definition) is 0. The fourth-order valence-corrected chi connectivity index (χ4v) is 4.29. The number of fused-ring (bicyclic) bond motifs is 1. The van der Waals surface area contributed by atoms with Crippen molar-refractivity contribution in [2.75, 3.05) is 33.2 Å². The van der Waals surface area contributed by atoms with E-state index < -0.39 is 5.97 Å². The van der Waals surface area contributed by atoms with Crippen molar-refractivity contribution < 1.29 is 23.7 Å². The van der Waals surface area contributed by atoms with Gasteiger partial charge in [0.25, 0.3) is 0 Å². The van der Waals surface area contributed by atoms with E-state index >= 15 is 0 Å². The van der Waals surface area contributed by atoms with E-state index in [1.165, 1.54) is 11.8 Å². The first-order chi connectivity index (χ1) is 17.1. The van der Waals surface area contributed by atoms with Crippen LogP contribution in [0.25, 0.3) is 17.5 Å². The van der Waals surface area contributed by atoms with Gasteiger partial charge in [-0.1, -0.05) is 17.8 Å². The summed E-state index contributed by atoms with van der Waals surface area (Å²) in [6, 6.07) is 13.0. The summed E-state index contributed by atoms with van der Waals surface area (Å²) in [5, 5.41) is 14.0. The molecule has 0 saturated carbocycles. The van der Waals surface area contributed by atoms with E-state index in [1.807, 2.05) is 49.4 Å². The maximum Gasteiger partial charge on any atom is 0.340 e. The van der Waals surface area contributed by atoms with Crippen LogP contribution in [-0.4, -0.2) is 59.7 Å². The first-order valence-corrected chi connectivity index (χ1v) is 12.1. The third-order valence-electron chi connectivity index (χ3n) is 5.12. The van der Waals surface area contributed by atoms with Crippen LogP contribution < -0.4 is 14.2 Å². The Kier molecular flexibility index (Phi) is 7.71. The number of benzene rings is 2. The van der Waals surface area contributed by atoms with Crippen LogP contribution in [0.15, 0.2) is 58.3 Å². The lowest BCUT2D eigenvalue weighted by Gasteiger charge is -2.16. The molecule has 35 heavy (non-hydrogen) atoms. The van der Waals surface area contributed by atoms with Crippen molar-refractivity contribution >= 4 is 29.5 Å². The highest BCUT2D eigenvalue weighted by Crippen LogP contribution is 2.32. The second-order valence-electron chi connectivity index (χ2n) is 7.30. The monoisotopic (exact) mass is 494 g/mol. The molecule has 10 heteroatoms. The molecule has 0 fully saturated rings. The molecule has 1 aromatic heterocycles. The maximum absolute atomic E-state index is 13.0. The predicted molar refractivity (Wildman–Crippen MR) is 134 cm³/mol. The molecule has 0 bridgehead atoms. The number of esters is 1. The van der Waals surface area contributed by atoms with Crippen LogP contribution in [0.3, 0.4) is 0 Å². The number of nitrogens with zero attached hydrogens (tertiary/aromatic N) is 4. The van der Waals surface area contributed by atoms with E-state index in [-0.39, 0.29) is 6.61 Å². The molecule has 0 atom stereocenters. The zero-order valence-corrected chi connectivity index (χ0v) is 20.8. The number of hydrogen-bond acceptors (Lipinski definition) is 9. The molecule has 0 saturated heterocycles. The van der Waals surface area contributed by atoms with Gasteiger partial charge >= 0.3 is 5.97 Å². The zero-order valence-electron chi connectivity index (χ0n) is 20.0. The number of ether oxygens (including phenoxy) is 4. The van der Waals surface area contributed by atoms with E-state index in [9.17, 15) is 4.79 Å². The molecule has 2 heterocycles. The quantitative estimate of drug-likeness (QED) is 0.321. The van der Waals surface area contributed by atoms with Gasteiger partial charge in [0.2, 0.25) is 5.16 Å². The van der Waals surface area contributed by atoms with Crippen LogP contribution in [-0.2, 0) is 9.53 Å². The fourth-order valence-electron chi connectivity index (χ4n) is 3.46. The summed E-state index contributed by atoms with van der Waals surface area (Å²) in [5.74, 6) is 2.50. The molecular formula is C25H26N4O5S. The number of carbonyl (C=O) groups is 1. The Morgan fingerprint density at radius 1 is 1.03 bits per heavy atom. The minimum absolute atomic E-state index is 0.248. The van der Waals surface area contributed by atoms with Crippen molar-refractivity contribution in [1.29, 1.82) is 0 Å². The molecule has 1 aliphatic rings. The molecule has 4 rings (SSSR count). The summed E-state index contributed by atoms with van der Waals surface area (Å²) >= 11 is 1.45. The molecule has 182 valence electrons. The highest BCUT2D eigenvalue weighted by molar-refractivity contribution is 7.99. The van der Waals surface area contributed by atoms with E-state index in [1.54, 1.807) is 31.9 Å². The Balaban J connectivity index is 1.75. The number of thioether (sulfide) groups is 1. The lowest BCUT2D eigenvalue weighted by molar-refractivity contribution is -0.137. The van der Waals surface area contributed by atoms with Gasteiger partial charge in [0.05, 0.1) is 38.7 Å². The Morgan fingerprint density at radius 2 is 1.83 bits per heavy atom. The molecule has 0 amide bonds. The fraction of sp³-hybridized carbons (Fsp3) is 0.280. The number of rotatable bonds is 9. The molecule has 0 spiro atoms. The van der Waals surface area contributed by atoms with Crippen molar-refractivity contribution in [2.45, 2.75) is 19.0 Å². The molecule has 0 N–H and O–H groups in total. The average molecular weight is 495 g/mol. The molecule has 1 aliphatic heterocycles. The summed E-state index contributed by atoms with van der Waals surface area (Å²) in [5.41, 5.74) is 2.49. The molecule has 3 aromatic rings. The van der Waals surface area contributed by atoms with Gasteiger partial charge < -0.3 is 18.9 Å². The van der Waals surface area contributed by atoms with Crippen LogP contribution in [0.1, 0.15) is 19.4 Å².